The average Bonchev–Trinajstić information content (AvgIpc) is 3.28. The van der Waals surface area contributed by atoms with E-state index in [9.17, 15) is 13.2 Å². The number of carbonyl (C=O) groups is 1. The van der Waals surface area contributed by atoms with Crippen LogP contribution in [0.5, 0.6) is 0 Å². The first kappa shape index (κ1) is 22.6. The van der Waals surface area contributed by atoms with Gasteiger partial charge in [0.15, 0.2) is 0 Å². The minimum atomic E-state index is -4.05. The molecule has 2 aromatic carbocycles. The molecule has 0 bridgehead atoms. The van der Waals surface area contributed by atoms with Gasteiger partial charge in [-0.2, -0.15) is 0 Å². The van der Waals surface area contributed by atoms with Crippen LogP contribution in [0.15, 0.2) is 72.0 Å². The first-order chi connectivity index (χ1) is 16.4. The number of sulfonamides is 1. The van der Waals surface area contributed by atoms with E-state index >= 15 is 0 Å². The quantitative estimate of drug-likeness (QED) is 0.319. The zero-order valence-corrected chi connectivity index (χ0v) is 20.5. The summed E-state index contributed by atoms with van der Waals surface area (Å²) in [5.74, 6) is -0.439. The summed E-state index contributed by atoms with van der Waals surface area (Å²) in [5, 5.41) is 0.474. The molecule has 174 valence electrons. The Morgan fingerprint density at radius 2 is 1.94 bits per heavy atom. The molecule has 5 rings (SSSR count). The van der Waals surface area contributed by atoms with Gasteiger partial charge >= 0.3 is 5.97 Å². The standard InChI is InChI=1S/C24H20ClN3O4S2/c1-32-24(29)16-6-7-17(15-4-5-15)23(12-16)34(30,31)27-20-13-18(22-8-9-26-33-22)19(25)14-21(20)28-10-2-3-11-28/h2-3,6-15,27H,4-5H2,1H3. The van der Waals surface area contributed by atoms with Crippen LogP contribution in [-0.2, 0) is 14.8 Å². The molecule has 7 nitrogen and oxygen atoms in total. The van der Waals surface area contributed by atoms with Crippen LogP contribution in [0.4, 0.5) is 5.69 Å². The maximum absolute atomic E-state index is 13.7. The molecule has 34 heavy (non-hydrogen) atoms. The molecule has 1 aliphatic carbocycles. The fraction of sp³-hybridized carbons (Fsp3) is 0.167. The van der Waals surface area contributed by atoms with Gasteiger partial charge < -0.3 is 9.30 Å². The molecule has 0 unspecified atom stereocenters. The topological polar surface area (TPSA) is 90.3 Å². The molecule has 1 N–H and O–H groups in total. The second kappa shape index (κ2) is 8.90. The summed E-state index contributed by atoms with van der Waals surface area (Å²) in [5.41, 5.74) is 2.47. The van der Waals surface area contributed by atoms with Gasteiger partial charge in [0.2, 0.25) is 0 Å². The van der Waals surface area contributed by atoms with Gasteiger partial charge in [-0.25, -0.2) is 17.6 Å². The van der Waals surface area contributed by atoms with Crippen LogP contribution >= 0.6 is 23.1 Å². The number of anilines is 1. The van der Waals surface area contributed by atoms with E-state index in [1.165, 1.54) is 24.7 Å². The zero-order valence-electron chi connectivity index (χ0n) is 18.1. The Morgan fingerprint density at radius 3 is 2.59 bits per heavy atom. The molecule has 0 spiro atoms. The summed E-state index contributed by atoms with van der Waals surface area (Å²) in [7, 11) is -2.79. The summed E-state index contributed by atoms with van der Waals surface area (Å²) in [6, 6.07) is 13.6. The molecule has 1 fully saturated rings. The molecule has 2 aromatic heterocycles. The number of halogens is 1. The predicted octanol–water partition coefficient (Wildman–Crippen LogP) is 5.72. The van der Waals surface area contributed by atoms with Crippen LogP contribution in [0.3, 0.4) is 0 Å². The van der Waals surface area contributed by atoms with Crippen LogP contribution in [0.1, 0.15) is 34.7 Å². The number of aromatic nitrogens is 2. The van der Waals surface area contributed by atoms with Crippen molar-refractivity contribution in [3.05, 3.63) is 83.3 Å². The monoisotopic (exact) mass is 513 g/mol. The first-order valence-corrected chi connectivity index (χ1v) is 13.1. The van der Waals surface area contributed by atoms with Gasteiger partial charge in [-0.15, -0.1) is 0 Å². The molecule has 4 aromatic rings. The van der Waals surface area contributed by atoms with Gasteiger partial charge in [0.25, 0.3) is 10.0 Å². The lowest BCUT2D eigenvalue weighted by molar-refractivity contribution is 0.0600. The zero-order chi connectivity index (χ0) is 23.9. The van der Waals surface area contributed by atoms with Crippen molar-refractivity contribution in [3.63, 3.8) is 0 Å². The van der Waals surface area contributed by atoms with Gasteiger partial charge in [0.05, 0.1) is 38.8 Å². The summed E-state index contributed by atoms with van der Waals surface area (Å²) in [6.07, 6.45) is 7.10. The SMILES string of the molecule is COC(=O)c1ccc(C2CC2)c(S(=O)(=O)Nc2cc(-c3ccns3)c(Cl)cc2-n2cccc2)c1. The van der Waals surface area contributed by atoms with Crippen LogP contribution in [0.2, 0.25) is 5.02 Å². The number of nitrogens with zero attached hydrogens (tertiary/aromatic N) is 2. The molecule has 0 aliphatic heterocycles. The van der Waals surface area contributed by atoms with Crippen molar-refractivity contribution in [1.82, 2.24) is 8.94 Å². The van der Waals surface area contributed by atoms with Crippen molar-refractivity contribution in [1.29, 1.82) is 0 Å². The Hall–Kier alpha value is -3.14. The molecular formula is C24H20ClN3O4S2. The van der Waals surface area contributed by atoms with Crippen molar-refractivity contribution in [2.45, 2.75) is 23.7 Å². The van der Waals surface area contributed by atoms with E-state index in [0.717, 1.165) is 17.7 Å². The van der Waals surface area contributed by atoms with Crippen LogP contribution in [0.25, 0.3) is 16.1 Å². The van der Waals surface area contributed by atoms with Gasteiger partial charge in [0.1, 0.15) is 0 Å². The highest BCUT2D eigenvalue weighted by Gasteiger charge is 2.32. The number of ether oxygens (including phenoxy) is 1. The van der Waals surface area contributed by atoms with E-state index in [4.69, 9.17) is 16.3 Å². The third kappa shape index (κ3) is 4.34. The maximum Gasteiger partial charge on any atom is 0.337 e. The van der Waals surface area contributed by atoms with Crippen molar-refractivity contribution in [2.24, 2.45) is 0 Å². The van der Waals surface area contributed by atoms with Gasteiger partial charge in [-0.3, -0.25) is 4.72 Å². The van der Waals surface area contributed by atoms with E-state index < -0.39 is 16.0 Å². The molecule has 2 heterocycles. The highest BCUT2D eigenvalue weighted by atomic mass is 35.5. The molecule has 10 heteroatoms. The summed E-state index contributed by atoms with van der Waals surface area (Å²) in [6.45, 7) is 0. The largest absolute Gasteiger partial charge is 0.465 e. The third-order valence-electron chi connectivity index (χ3n) is 5.66. The summed E-state index contributed by atoms with van der Waals surface area (Å²) >= 11 is 7.85. The normalized spacial score (nSPS) is 13.6. The van der Waals surface area contributed by atoms with E-state index in [-0.39, 0.29) is 16.4 Å². The summed E-state index contributed by atoms with van der Waals surface area (Å²) < 4.78 is 40.9. The highest BCUT2D eigenvalue weighted by Crippen LogP contribution is 2.44. The van der Waals surface area contributed by atoms with E-state index in [1.807, 2.05) is 30.6 Å². The lowest BCUT2D eigenvalue weighted by atomic mass is 10.1. The van der Waals surface area contributed by atoms with E-state index in [2.05, 4.69) is 9.10 Å². The van der Waals surface area contributed by atoms with Crippen molar-refractivity contribution < 1.29 is 17.9 Å². The first-order valence-electron chi connectivity index (χ1n) is 10.5. The number of nitrogens with one attached hydrogen (secondary N) is 1. The van der Waals surface area contributed by atoms with Crippen molar-refractivity contribution in [2.75, 3.05) is 11.8 Å². The number of esters is 1. The number of rotatable bonds is 7. The number of carbonyl (C=O) groups excluding carboxylic acids is 1. The molecular weight excluding hydrogens is 494 g/mol. The molecule has 0 atom stereocenters. The molecule has 0 saturated heterocycles. The predicted molar refractivity (Wildman–Crippen MR) is 132 cm³/mol. The van der Waals surface area contributed by atoms with E-state index in [1.54, 1.807) is 35.0 Å². The Labute approximate surface area is 206 Å². The lowest BCUT2D eigenvalue weighted by Crippen LogP contribution is -2.17. The Bertz CT molecular complexity index is 1460. The minimum absolute atomic E-state index is 0.0747. The number of methoxy groups -OCH3 is 1. The fourth-order valence-corrected chi connectivity index (χ4v) is 6.17. The van der Waals surface area contributed by atoms with E-state index in [0.29, 0.717) is 27.5 Å². The number of benzene rings is 2. The van der Waals surface area contributed by atoms with Crippen LogP contribution < -0.4 is 4.72 Å². The maximum atomic E-state index is 13.7. The number of hydrogen-bond acceptors (Lipinski definition) is 6. The Balaban J connectivity index is 1.64. The molecule has 0 amide bonds. The van der Waals surface area contributed by atoms with Crippen molar-refractivity contribution >= 4 is 44.8 Å². The Kier molecular flexibility index (Phi) is 5.93. The minimum Gasteiger partial charge on any atom is -0.465 e. The van der Waals surface area contributed by atoms with Crippen molar-refractivity contribution in [3.8, 4) is 16.1 Å². The molecule has 1 aliphatic rings. The second-order valence-electron chi connectivity index (χ2n) is 7.94. The fourth-order valence-electron chi connectivity index (χ4n) is 3.84. The summed E-state index contributed by atoms with van der Waals surface area (Å²) in [4.78, 5) is 13.0. The highest BCUT2D eigenvalue weighted by molar-refractivity contribution is 7.92. The molecule has 1 saturated carbocycles. The second-order valence-corrected chi connectivity index (χ2v) is 10.8. The van der Waals surface area contributed by atoms with Crippen LogP contribution in [0, 0.1) is 0 Å². The van der Waals surface area contributed by atoms with Gasteiger partial charge in [-0.1, -0.05) is 17.7 Å². The van der Waals surface area contributed by atoms with Crippen LogP contribution in [-0.4, -0.2) is 30.4 Å². The number of hydrogen-bond donors (Lipinski definition) is 1. The third-order valence-corrected chi connectivity index (χ3v) is 8.17. The average molecular weight is 514 g/mol. The van der Waals surface area contributed by atoms with Gasteiger partial charge in [-0.05, 0) is 78.3 Å². The Morgan fingerprint density at radius 1 is 1.18 bits per heavy atom. The molecule has 0 radical (unpaired) electrons. The smallest absolute Gasteiger partial charge is 0.337 e. The van der Waals surface area contributed by atoms with Gasteiger partial charge in [0, 0.05) is 24.2 Å². The lowest BCUT2D eigenvalue weighted by Gasteiger charge is -2.18.